The lowest BCUT2D eigenvalue weighted by molar-refractivity contribution is 0.0521. The Bertz CT molecular complexity index is 605. The number of alkyl carbamates (subject to hydrolysis) is 1. The van der Waals surface area contributed by atoms with Crippen LogP contribution in [0.2, 0.25) is 0 Å². The number of ether oxygens (including phenoxy) is 1. The minimum absolute atomic E-state index is 0.298. The summed E-state index contributed by atoms with van der Waals surface area (Å²) >= 11 is 0. The van der Waals surface area contributed by atoms with E-state index in [1.807, 2.05) is 20.8 Å². The number of aryl methyl sites for hydroxylation is 1. The van der Waals surface area contributed by atoms with Crippen molar-refractivity contribution in [2.45, 2.75) is 64.6 Å². The van der Waals surface area contributed by atoms with Gasteiger partial charge in [-0.25, -0.2) is 4.79 Å². The minimum Gasteiger partial charge on any atom is -0.444 e. The number of nitrogens with one attached hydrogen (secondary N) is 3. The zero-order valence-corrected chi connectivity index (χ0v) is 15.7. The highest BCUT2D eigenvalue weighted by molar-refractivity contribution is 5.67. The quantitative estimate of drug-likeness (QED) is 0.739. The van der Waals surface area contributed by atoms with Crippen molar-refractivity contribution in [1.82, 2.24) is 10.6 Å². The summed E-state index contributed by atoms with van der Waals surface area (Å²) in [7, 11) is 0. The third-order valence-electron chi connectivity index (χ3n) is 4.77. The number of carbonyl (C=O) groups is 1. The predicted octanol–water partition coefficient (Wildman–Crippen LogP) is 3.44. The molecular weight excluding hydrogens is 314 g/mol. The van der Waals surface area contributed by atoms with Gasteiger partial charge in [0.05, 0.1) is 0 Å². The fourth-order valence-electron chi connectivity index (χ4n) is 3.38. The number of hydrogen-bond donors (Lipinski definition) is 3. The van der Waals surface area contributed by atoms with Gasteiger partial charge in [-0.2, -0.15) is 0 Å². The van der Waals surface area contributed by atoms with Crippen molar-refractivity contribution in [2.75, 3.05) is 18.4 Å². The summed E-state index contributed by atoms with van der Waals surface area (Å²) in [6.07, 6.45) is 4.49. The highest BCUT2D eigenvalue weighted by Crippen LogP contribution is 2.33. The van der Waals surface area contributed by atoms with Crippen LogP contribution < -0.4 is 16.0 Å². The minimum atomic E-state index is -0.457. The number of hydrogen-bond acceptors (Lipinski definition) is 4. The van der Waals surface area contributed by atoms with E-state index >= 15 is 0 Å². The summed E-state index contributed by atoms with van der Waals surface area (Å²) in [5, 5.41) is 10.1. The molecule has 1 aliphatic heterocycles. The Hall–Kier alpha value is -1.75. The van der Waals surface area contributed by atoms with Gasteiger partial charge in [0.15, 0.2) is 0 Å². The summed E-state index contributed by atoms with van der Waals surface area (Å²) in [5.41, 5.74) is 3.58. The van der Waals surface area contributed by atoms with E-state index < -0.39 is 5.60 Å². The number of fused-ring (bicyclic) bond motifs is 1. The second-order valence-corrected chi connectivity index (χ2v) is 8.19. The molecular formula is C20H31N3O2. The Morgan fingerprint density at radius 2 is 2.16 bits per heavy atom. The van der Waals surface area contributed by atoms with Gasteiger partial charge in [-0.15, -0.1) is 0 Å². The summed E-state index contributed by atoms with van der Waals surface area (Å²) in [6, 6.07) is 6.85. The van der Waals surface area contributed by atoms with E-state index in [2.05, 4.69) is 34.1 Å². The molecule has 1 aromatic rings. The molecule has 1 atom stereocenters. The maximum atomic E-state index is 11.9. The number of carbonyl (C=O) groups excluding carboxylic acids is 1. The number of benzene rings is 1. The third-order valence-corrected chi connectivity index (χ3v) is 4.77. The van der Waals surface area contributed by atoms with E-state index in [-0.39, 0.29) is 6.09 Å². The summed E-state index contributed by atoms with van der Waals surface area (Å²) in [6.45, 7) is 8.14. The van der Waals surface area contributed by atoms with E-state index in [1.165, 1.54) is 36.1 Å². The van der Waals surface area contributed by atoms with E-state index in [0.717, 1.165) is 19.5 Å². The second-order valence-electron chi connectivity index (χ2n) is 8.19. The molecule has 0 bridgehead atoms. The highest BCUT2D eigenvalue weighted by atomic mass is 16.6. The first kappa shape index (κ1) is 18.1. The molecule has 1 unspecified atom stereocenters. The maximum absolute atomic E-state index is 11.9. The molecule has 3 rings (SSSR count). The van der Waals surface area contributed by atoms with Gasteiger partial charge in [-0.05, 0) is 63.5 Å². The first-order valence-corrected chi connectivity index (χ1v) is 9.47. The number of rotatable bonds is 6. The Labute approximate surface area is 150 Å². The molecule has 0 radical (unpaired) electrons. The summed E-state index contributed by atoms with van der Waals surface area (Å²) in [4.78, 5) is 11.9. The van der Waals surface area contributed by atoms with Crippen molar-refractivity contribution in [3.05, 3.63) is 29.3 Å². The van der Waals surface area contributed by atoms with Crippen molar-refractivity contribution in [3.63, 3.8) is 0 Å². The number of amides is 1. The van der Waals surface area contributed by atoms with E-state index in [4.69, 9.17) is 4.74 Å². The molecule has 1 aromatic carbocycles. The summed E-state index contributed by atoms with van der Waals surface area (Å²) in [5.74, 6) is 0.655. The summed E-state index contributed by atoms with van der Waals surface area (Å²) < 4.78 is 5.34. The highest BCUT2D eigenvalue weighted by Gasteiger charge is 2.31. The molecule has 138 valence electrons. The number of anilines is 1. The van der Waals surface area contributed by atoms with Crippen LogP contribution in [0.1, 0.15) is 51.2 Å². The topological polar surface area (TPSA) is 62.4 Å². The zero-order valence-electron chi connectivity index (χ0n) is 15.7. The fourth-order valence-corrected chi connectivity index (χ4v) is 3.38. The lowest BCUT2D eigenvalue weighted by Gasteiger charge is -2.24. The van der Waals surface area contributed by atoms with Gasteiger partial charge in [0.25, 0.3) is 0 Å². The average Bonchev–Trinajstić information content (AvgIpc) is 3.38. The van der Waals surface area contributed by atoms with Crippen molar-refractivity contribution < 1.29 is 9.53 Å². The molecule has 1 heterocycles. The largest absolute Gasteiger partial charge is 0.444 e. The molecule has 1 fully saturated rings. The molecule has 5 nitrogen and oxygen atoms in total. The predicted molar refractivity (Wildman–Crippen MR) is 101 cm³/mol. The first-order valence-electron chi connectivity index (χ1n) is 9.47. The van der Waals surface area contributed by atoms with E-state index in [0.29, 0.717) is 18.5 Å². The van der Waals surface area contributed by atoms with Crippen LogP contribution in [0.5, 0.6) is 0 Å². The van der Waals surface area contributed by atoms with Crippen LogP contribution in [0.15, 0.2) is 18.2 Å². The lowest BCUT2D eigenvalue weighted by Crippen LogP contribution is -2.43. The molecule has 1 amide bonds. The monoisotopic (exact) mass is 345 g/mol. The normalized spacial score (nSPS) is 18.0. The first-order chi connectivity index (χ1) is 11.9. The second kappa shape index (κ2) is 7.65. The Morgan fingerprint density at radius 1 is 1.36 bits per heavy atom. The van der Waals surface area contributed by atoms with E-state index in [1.54, 1.807) is 0 Å². The molecule has 0 aromatic heterocycles. The smallest absolute Gasteiger partial charge is 0.407 e. The zero-order chi connectivity index (χ0) is 17.9. The van der Waals surface area contributed by atoms with Gasteiger partial charge in [-0.1, -0.05) is 18.2 Å². The SMILES string of the molecule is CC(C)(C)OC(=O)NCC(NCc1cccc2c1NCCC2)C1CC1. The van der Waals surface area contributed by atoms with Crippen LogP contribution in [0.25, 0.3) is 0 Å². The van der Waals surface area contributed by atoms with Crippen LogP contribution in [0, 0.1) is 5.92 Å². The van der Waals surface area contributed by atoms with Crippen molar-refractivity contribution in [1.29, 1.82) is 0 Å². The van der Waals surface area contributed by atoms with Gasteiger partial charge in [0.1, 0.15) is 5.60 Å². The molecule has 1 aliphatic carbocycles. The molecule has 1 saturated carbocycles. The maximum Gasteiger partial charge on any atom is 0.407 e. The molecule has 0 saturated heterocycles. The van der Waals surface area contributed by atoms with Crippen molar-refractivity contribution >= 4 is 11.8 Å². The number of para-hydroxylation sites is 1. The van der Waals surface area contributed by atoms with Crippen LogP contribution in [0.3, 0.4) is 0 Å². The third kappa shape index (κ3) is 5.36. The molecule has 5 heteroatoms. The fraction of sp³-hybridized carbons (Fsp3) is 0.650. The van der Waals surface area contributed by atoms with Gasteiger partial charge < -0.3 is 20.7 Å². The standard InChI is InChI=1S/C20H31N3O2/c1-20(2,3)25-19(24)23-13-17(14-9-10-14)22-12-16-7-4-6-15-8-5-11-21-18(15)16/h4,6-7,14,17,21-22H,5,8-13H2,1-3H3,(H,23,24). The van der Waals surface area contributed by atoms with Crippen LogP contribution in [0.4, 0.5) is 10.5 Å². The van der Waals surface area contributed by atoms with Crippen LogP contribution >= 0.6 is 0 Å². The van der Waals surface area contributed by atoms with Crippen molar-refractivity contribution in [2.24, 2.45) is 5.92 Å². The van der Waals surface area contributed by atoms with Gasteiger partial charge in [0.2, 0.25) is 0 Å². The van der Waals surface area contributed by atoms with E-state index in [9.17, 15) is 4.79 Å². The van der Waals surface area contributed by atoms with Crippen molar-refractivity contribution in [3.8, 4) is 0 Å². The van der Waals surface area contributed by atoms with Gasteiger partial charge in [0, 0.05) is 31.4 Å². The van der Waals surface area contributed by atoms with Gasteiger partial charge >= 0.3 is 6.09 Å². The van der Waals surface area contributed by atoms with Crippen LogP contribution in [-0.4, -0.2) is 30.8 Å². The average molecular weight is 345 g/mol. The Morgan fingerprint density at radius 3 is 2.88 bits per heavy atom. The molecule has 2 aliphatic rings. The Kier molecular flexibility index (Phi) is 5.52. The van der Waals surface area contributed by atoms with Crippen LogP contribution in [-0.2, 0) is 17.7 Å². The Balaban J connectivity index is 1.54. The molecule has 0 spiro atoms. The lowest BCUT2D eigenvalue weighted by atomic mass is 9.99. The van der Waals surface area contributed by atoms with Gasteiger partial charge in [-0.3, -0.25) is 0 Å². The molecule has 25 heavy (non-hydrogen) atoms. The molecule has 3 N–H and O–H groups in total.